The molecule has 0 fully saturated rings. The van der Waals surface area contributed by atoms with E-state index in [-0.39, 0.29) is 12.5 Å². The molecule has 0 spiro atoms. The van der Waals surface area contributed by atoms with E-state index in [1.807, 2.05) is 38.3 Å². The molecular weight excluding hydrogens is 366 g/mol. The first-order valence-electron chi connectivity index (χ1n) is 9.03. The first kappa shape index (κ1) is 21.1. The minimum absolute atomic E-state index is 0.0908. The van der Waals surface area contributed by atoms with Gasteiger partial charge >= 0.3 is 0 Å². The maximum atomic E-state index is 12.7. The van der Waals surface area contributed by atoms with Crippen molar-refractivity contribution in [3.8, 4) is 17.2 Å². The fourth-order valence-electron chi connectivity index (χ4n) is 2.55. The van der Waals surface area contributed by atoms with Gasteiger partial charge < -0.3 is 24.6 Å². The highest BCUT2D eigenvalue weighted by Crippen LogP contribution is 2.39. The molecule has 1 heterocycles. The highest BCUT2D eigenvalue weighted by molar-refractivity contribution is 7.10. The number of nitrogens with one attached hydrogen (secondary N) is 1. The van der Waals surface area contributed by atoms with Crippen molar-refractivity contribution >= 4 is 17.2 Å². The molecule has 7 heteroatoms. The summed E-state index contributed by atoms with van der Waals surface area (Å²) in [6.45, 7) is 8.69. The average molecular weight is 394 g/mol. The fraction of sp³-hybridized carbons (Fsp3) is 0.450. The summed E-state index contributed by atoms with van der Waals surface area (Å²) in [5.74, 6) is 1.08. The van der Waals surface area contributed by atoms with Crippen LogP contribution in [-0.2, 0) is 5.60 Å². The lowest BCUT2D eigenvalue weighted by Crippen LogP contribution is -2.38. The van der Waals surface area contributed by atoms with Gasteiger partial charge in [0.2, 0.25) is 5.75 Å². The summed E-state index contributed by atoms with van der Waals surface area (Å²) in [4.78, 5) is 13.5. The third kappa shape index (κ3) is 5.37. The minimum Gasteiger partial charge on any atom is -0.490 e. The molecule has 1 aromatic carbocycles. The van der Waals surface area contributed by atoms with Crippen LogP contribution in [0.5, 0.6) is 17.2 Å². The Balaban J connectivity index is 2.24. The highest BCUT2D eigenvalue weighted by Gasteiger charge is 2.26. The van der Waals surface area contributed by atoms with Crippen LogP contribution in [0.2, 0.25) is 0 Å². The van der Waals surface area contributed by atoms with Gasteiger partial charge in [0.15, 0.2) is 11.5 Å². The van der Waals surface area contributed by atoms with Gasteiger partial charge in [-0.1, -0.05) is 6.07 Å². The second-order valence-corrected chi connectivity index (χ2v) is 6.98. The van der Waals surface area contributed by atoms with Crippen molar-refractivity contribution in [3.63, 3.8) is 0 Å². The molecule has 27 heavy (non-hydrogen) atoms. The lowest BCUT2D eigenvalue weighted by Gasteiger charge is -2.22. The number of rotatable bonds is 10. The van der Waals surface area contributed by atoms with E-state index < -0.39 is 5.60 Å². The first-order valence-corrected chi connectivity index (χ1v) is 9.91. The Labute approximate surface area is 164 Å². The van der Waals surface area contributed by atoms with E-state index in [1.165, 1.54) is 11.3 Å². The Bertz CT molecular complexity index is 716. The molecule has 2 aromatic rings. The van der Waals surface area contributed by atoms with Crippen LogP contribution >= 0.6 is 11.3 Å². The second-order valence-electron chi connectivity index (χ2n) is 6.03. The van der Waals surface area contributed by atoms with Crippen molar-refractivity contribution in [2.24, 2.45) is 0 Å². The SMILES string of the molecule is CCOc1cc(C(=O)NC[C@@](C)(O)c2cccs2)cc(OCC)c1OCC. The molecule has 0 bridgehead atoms. The van der Waals surface area contributed by atoms with Gasteiger partial charge in [0.1, 0.15) is 5.60 Å². The number of ether oxygens (including phenoxy) is 3. The summed E-state index contributed by atoms with van der Waals surface area (Å²) in [6.07, 6.45) is 0. The summed E-state index contributed by atoms with van der Waals surface area (Å²) in [7, 11) is 0. The zero-order chi connectivity index (χ0) is 19.9. The van der Waals surface area contributed by atoms with Crippen LogP contribution < -0.4 is 19.5 Å². The molecule has 6 nitrogen and oxygen atoms in total. The van der Waals surface area contributed by atoms with Gasteiger partial charge in [0.25, 0.3) is 5.91 Å². The van der Waals surface area contributed by atoms with Crippen molar-refractivity contribution in [1.29, 1.82) is 0 Å². The van der Waals surface area contributed by atoms with Crippen molar-refractivity contribution in [3.05, 3.63) is 40.1 Å². The smallest absolute Gasteiger partial charge is 0.251 e. The van der Waals surface area contributed by atoms with Gasteiger partial charge in [-0.3, -0.25) is 4.79 Å². The molecule has 0 saturated carbocycles. The van der Waals surface area contributed by atoms with Crippen molar-refractivity contribution in [1.82, 2.24) is 5.32 Å². The number of amides is 1. The van der Waals surface area contributed by atoms with Gasteiger partial charge in [-0.25, -0.2) is 0 Å². The summed E-state index contributed by atoms with van der Waals surface area (Å²) in [5, 5.41) is 15.3. The predicted octanol–water partition coefficient (Wildman–Crippen LogP) is 3.58. The Kier molecular flexibility index (Phi) is 7.50. The van der Waals surface area contributed by atoms with E-state index in [2.05, 4.69) is 5.32 Å². The van der Waals surface area contributed by atoms with Crippen LogP contribution in [0, 0.1) is 0 Å². The second kappa shape index (κ2) is 9.62. The van der Waals surface area contributed by atoms with Crippen LogP contribution in [-0.4, -0.2) is 37.4 Å². The average Bonchev–Trinajstić information content (AvgIpc) is 3.18. The predicted molar refractivity (Wildman–Crippen MR) is 106 cm³/mol. The van der Waals surface area contributed by atoms with Gasteiger partial charge in [-0.2, -0.15) is 0 Å². The normalized spacial score (nSPS) is 12.9. The van der Waals surface area contributed by atoms with E-state index in [9.17, 15) is 9.90 Å². The summed E-state index contributed by atoms with van der Waals surface area (Å²) < 4.78 is 16.9. The van der Waals surface area contributed by atoms with Gasteiger partial charge in [0, 0.05) is 10.4 Å². The van der Waals surface area contributed by atoms with Gasteiger partial charge in [-0.05, 0) is 51.3 Å². The fourth-order valence-corrected chi connectivity index (χ4v) is 3.33. The molecule has 0 aliphatic heterocycles. The maximum Gasteiger partial charge on any atom is 0.251 e. The molecule has 0 aliphatic carbocycles. The molecular formula is C20H27NO5S. The highest BCUT2D eigenvalue weighted by atomic mass is 32.1. The Morgan fingerprint density at radius 2 is 1.70 bits per heavy atom. The number of benzene rings is 1. The summed E-state index contributed by atoms with van der Waals surface area (Å²) in [6, 6.07) is 6.97. The number of carbonyl (C=O) groups is 1. The Morgan fingerprint density at radius 1 is 1.11 bits per heavy atom. The quantitative estimate of drug-likeness (QED) is 0.645. The summed E-state index contributed by atoms with van der Waals surface area (Å²) in [5.41, 5.74) is -0.757. The van der Waals surface area contributed by atoms with Crippen LogP contribution in [0.4, 0.5) is 0 Å². The number of aliphatic hydroxyl groups is 1. The van der Waals surface area contributed by atoms with E-state index in [1.54, 1.807) is 19.1 Å². The first-order chi connectivity index (χ1) is 12.9. The standard InChI is InChI=1S/C20H27NO5S/c1-5-24-15-11-14(12-16(25-6-2)18(15)26-7-3)19(22)21-13-20(4,23)17-9-8-10-27-17/h8-12,23H,5-7,13H2,1-4H3,(H,21,22)/t20-/m1/s1. The topological polar surface area (TPSA) is 77.0 Å². The Hall–Kier alpha value is -2.25. The third-order valence-electron chi connectivity index (χ3n) is 3.82. The van der Waals surface area contributed by atoms with Crippen molar-refractivity contribution < 1.29 is 24.1 Å². The van der Waals surface area contributed by atoms with E-state index in [0.717, 1.165) is 4.88 Å². The third-order valence-corrected chi connectivity index (χ3v) is 4.94. The van der Waals surface area contributed by atoms with Gasteiger partial charge in [-0.15, -0.1) is 11.3 Å². The monoisotopic (exact) mass is 393 g/mol. The summed E-state index contributed by atoms with van der Waals surface area (Å²) >= 11 is 1.45. The molecule has 0 aliphatic rings. The minimum atomic E-state index is -1.14. The van der Waals surface area contributed by atoms with Crippen LogP contribution in [0.25, 0.3) is 0 Å². The lowest BCUT2D eigenvalue weighted by atomic mass is 10.0. The Morgan fingerprint density at radius 3 is 2.19 bits per heavy atom. The van der Waals surface area contributed by atoms with Crippen molar-refractivity contribution in [2.75, 3.05) is 26.4 Å². The molecule has 1 amide bonds. The number of hydrogen-bond donors (Lipinski definition) is 2. The molecule has 1 aromatic heterocycles. The van der Waals surface area contributed by atoms with Crippen LogP contribution in [0.15, 0.2) is 29.6 Å². The van der Waals surface area contributed by atoms with E-state index in [4.69, 9.17) is 14.2 Å². The molecule has 1 atom stereocenters. The van der Waals surface area contributed by atoms with Crippen molar-refractivity contribution in [2.45, 2.75) is 33.3 Å². The van der Waals surface area contributed by atoms with Crippen LogP contribution in [0.1, 0.15) is 42.9 Å². The number of hydrogen-bond acceptors (Lipinski definition) is 6. The van der Waals surface area contributed by atoms with Crippen LogP contribution in [0.3, 0.4) is 0 Å². The van der Waals surface area contributed by atoms with E-state index in [0.29, 0.717) is 42.6 Å². The molecule has 0 radical (unpaired) electrons. The zero-order valence-corrected chi connectivity index (χ0v) is 17.0. The molecule has 148 valence electrons. The lowest BCUT2D eigenvalue weighted by molar-refractivity contribution is 0.0556. The van der Waals surface area contributed by atoms with E-state index >= 15 is 0 Å². The molecule has 2 N–H and O–H groups in total. The maximum absolute atomic E-state index is 12.7. The molecule has 0 saturated heterocycles. The molecule has 0 unspecified atom stereocenters. The number of carbonyl (C=O) groups excluding carboxylic acids is 1. The molecule has 2 rings (SSSR count). The zero-order valence-electron chi connectivity index (χ0n) is 16.2. The largest absolute Gasteiger partial charge is 0.490 e. The number of thiophene rings is 1. The van der Waals surface area contributed by atoms with Gasteiger partial charge in [0.05, 0.1) is 26.4 Å².